The monoisotopic (exact) mass is 242 g/mol. The Hall–Kier alpha value is -1.36. The zero-order valence-corrected chi connectivity index (χ0v) is 10.0. The van der Waals surface area contributed by atoms with Crippen LogP contribution < -0.4 is 0 Å². The van der Waals surface area contributed by atoms with Gasteiger partial charge in [-0.25, -0.2) is 8.42 Å². The van der Waals surface area contributed by atoms with Gasteiger partial charge in [0.1, 0.15) is 0 Å². The molecule has 0 heterocycles. The molecule has 0 saturated heterocycles. The first-order valence-corrected chi connectivity index (χ1v) is 6.71. The molecule has 5 heteroatoms. The molecule has 1 aromatic rings. The second-order valence-electron chi connectivity index (χ2n) is 3.75. The lowest BCUT2D eigenvalue weighted by atomic mass is 10.0. The maximum atomic E-state index is 11.3. The van der Waals surface area contributed by atoms with Crippen LogP contribution in [0.15, 0.2) is 23.1 Å². The van der Waals surface area contributed by atoms with Gasteiger partial charge in [-0.1, -0.05) is 6.07 Å². The molecule has 88 valence electrons. The van der Waals surface area contributed by atoms with E-state index in [2.05, 4.69) is 0 Å². The van der Waals surface area contributed by atoms with Crippen molar-refractivity contribution >= 4 is 15.8 Å². The second kappa shape index (κ2) is 4.65. The Balaban J connectivity index is 3.04. The fourth-order valence-electron chi connectivity index (χ4n) is 1.39. The highest BCUT2D eigenvalue weighted by Gasteiger charge is 2.10. The third-order valence-corrected chi connectivity index (χ3v) is 3.47. The molecule has 0 amide bonds. The average Bonchev–Trinajstić information content (AvgIpc) is 2.14. The van der Waals surface area contributed by atoms with Crippen molar-refractivity contribution < 1.29 is 18.3 Å². The van der Waals surface area contributed by atoms with Crippen LogP contribution in [0.1, 0.15) is 17.5 Å². The fraction of sp³-hybridized carbons (Fsp3) is 0.364. The van der Waals surface area contributed by atoms with Gasteiger partial charge in [-0.2, -0.15) is 0 Å². The van der Waals surface area contributed by atoms with Crippen LogP contribution in [0.25, 0.3) is 0 Å². The van der Waals surface area contributed by atoms with Gasteiger partial charge in [0.05, 0.1) is 4.90 Å². The first-order valence-electron chi connectivity index (χ1n) is 4.82. The molecule has 0 spiro atoms. The maximum Gasteiger partial charge on any atom is 0.303 e. The number of aryl methyl sites for hydroxylation is 2. The van der Waals surface area contributed by atoms with E-state index in [0.717, 1.165) is 17.4 Å². The molecule has 4 nitrogen and oxygen atoms in total. The third-order valence-electron chi connectivity index (χ3n) is 2.36. The van der Waals surface area contributed by atoms with Crippen molar-refractivity contribution in [1.82, 2.24) is 0 Å². The first kappa shape index (κ1) is 12.7. The van der Waals surface area contributed by atoms with Crippen LogP contribution in [0.2, 0.25) is 0 Å². The standard InChI is InChI=1S/C11H14O4S/c1-8-3-5-10(16(2,14)15)7-9(8)4-6-11(12)13/h3,5,7H,4,6H2,1-2H3,(H,12,13). The van der Waals surface area contributed by atoms with Gasteiger partial charge in [0.15, 0.2) is 9.84 Å². The Bertz CT molecular complexity index is 503. The zero-order valence-electron chi connectivity index (χ0n) is 9.23. The summed E-state index contributed by atoms with van der Waals surface area (Å²) in [6.45, 7) is 1.84. The second-order valence-corrected chi connectivity index (χ2v) is 5.77. The SMILES string of the molecule is Cc1ccc(S(C)(=O)=O)cc1CCC(=O)O. The summed E-state index contributed by atoms with van der Waals surface area (Å²) in [7, 11) is -3.23. The molecule has 0 atom stereocenters. The lowest BCUT2D eigenvalue weighted by Gasteiger charge is -2.06. The summed E-state index contributed by atoms with van der Waals surface area (Å²) in [4.78, 5) is 10.7. The lowest BCUT2D eigenvalue weighted by molar-refractivity contribution is -0.136. The summed E-state index contributed by atoms with van der Waals surface area (Å²) in [5, 5.41) is 8.58. The van der Waals surface area contributed by atoms with Crippen LogP contribution in [0, 0.1) is 6.92 Å². The van der Waals surface area contributed by atoms with Gasteiger partial charge in [-0.05, 0) is 36.6 Å². The van der Waals surface area contributed by atoms with Gasteiger partial charge in [-0.15, -0.1) is 0 Å². The van der Waals surface area contributed by atoms with Gasteiger partial charge >= 0.3 is 5.97 Å². The molecular formula is C11H14O4S. The number of carboxylic acids is 1. The summed E-state index contributed by atoms with van der Waals surface area (Å²) in [5.41, 5.74) is 1.68. The molecule has 0 aliphatic rings. The number of sulfone groups is 1. The van der Waals surface area contributed by atoms with E-state index in [0.29, 0.717) is 6.42 Å². The van der Waals surface area contributed by atoms with E-state index in [1.807, 2.05) is 6.92 Å². The Morgan fingerprint density at radius 3 is 2.50 bits per heavy atom. The largest absolute Gasteiger partial charge is 0.481 e. The number of carboxylic acid groups (broad SMARTS) is 1. The number of rotatable bonds is 4. The van der Waals surface area contributed by atoms with Crippen LogP contribution in [0.4, 0.5) is 0 Å². The zero-order chi connectivity index (χ0) is 12.3. The van der Waals surface area contributed by atoms with Crippen molar-refractivity contribution in [2.24, 2.45) is 0 Å². The molecule has 0 aromatic heterocycles. The summed E-state index contributed by atoms with van der Waals surface area (Å²) in [6.07, 6.45) is 1.50. The highest BCUT2D eigenvalue weighted by atomic mass is 32.2. The topological polar surface area (TPSA) is 71.4 Å². The predicted octanol–water partition coefficient (Wildman–Crippen LogP) is 1.42. The minimum absolute atomic E-state index is 0.00799. The Morgan fingerprint density at radius 1 is 1.38 bits per heavy atom. The minimum Gasteiger partial charge on any atom is -0.481 e. The average molecular weight is 242 g/mol. The van der Waals surface area contributed by atoms with E-state index >= 15 is 0 Å². The number of hydrogen-bond acceptors (Lipinski definition) is 3. The summed E-state index contributed by atoms with van der Waals surface area (Å²) < 4.78 is 22.6. The highest BCUT2D eigenvalue weighted by Crippen LogP contribution is 2.16. The van der Waals surface area contributed by atoms with Crippen LogP contribution in [-0.2, 0) is 21.1 Å². The van der Waals surface area contributed by atoms with Crippen molar-refractivity contribution in [3.05, 3.63) is 29.3 Å². The molecular weight excluding hydrogens is 228 g/mol. The lowest BCUT2D eigenvalue weighted by Crippen LogP contribution is -2.02. The molecule has 1 aromatic carbocycles. The van der Waals surface area contributed by atoms with Crippen LogP contribution >= 0.6 is 0 Å². The van der Waals surface area contributed by atoms with Crippen molar-refractivity contribution in [2.45, 2.75) is 24.7 Å². The molecule has 0 fully saturated rings. The minimum atomic E-state index is -3.23. The molecule has 0 unspecified atom stereocenters. The molecule has 0 bridgehead atoms. The molecule has 1 N–H and O–H groups in total. The van der Waals surface area contributed by atoms with E-state index in [-0.39, 0.29) is 11.3 Å². The van der Waals surface area contributed by atoms with Gasteiger partial charge in [0.25, 0.3) is 0 Å². The van der Waals surface area contributed by atoms with Crippen molar-refractivity contribution in [1.29, 1.82) is 0 Å². The third kappa shape index (κ3) is 3.34. The van der Waals surface area contributed by atoms with Crippen LogP contribution in [0.5, 0.6) is 0 Å². The van der Waals surface area contributed by atoms with E-state index in [1.165, 1.54) is 6.07 Å². The first-order chi connectivity index (χ1) is 7.30. The molecule has 16 heavy (non-hydrogen) atoms. The van der Waals surface area contributed by atoms with Gasteiger partial charge in [-0.3, -0.25) is 4.79 Å². The van der Waals surface area contributed by atoms with E-state index < -0.39 is 15.8 Å². The Kier molecular flexibility index (Phi) is 3.70. The molecule has 0 aliphatic heterocycles. The van der Waals surface area contributed by atoms with Crippen molar-refractivity contribution in [2.75, 3.05) is 6.26 Å². The summed E-state index contributed by atoms with van der Waals surface area (Å²) in [5.74, 6) is -0.885. The van der Waals surface area contributed by atoms with E-state index in [1.54, 1.807) is 12.1 Å². The molecule has 0 saturated carbocycles. The summed E-state index contributed by atoms with van der Waals surface area (Å²) >= 11 is 0. The number of aliphatic carboxylic acids is 1. The normalized spacial score (nSPS) is 11.4. The van der Waals surface area contributed by atoms with Gasteiger partial charge < -0.3 is 5.11 Å². The van der Waals surface area contributed by atoms with Crippen LogP contribution in [0.3, 0.4) is 0 Å². The molecule has 1 rings (SSSR count). The van der Waals surface area contributed by atoms with Crippen molar-refractivity contribution in [3.63, 3.8) is 0 Å². The number of carbonyl (C=O) groups is 1. The van der Waals surface area contributed by atoms with Gasteiger partial charge in [0.2, 0.25) is 0 Å². The number of hydrogen-bond donors (Lipinski definition) is 1. The van der Waals surface area contributed by atoms with E-state index in [4.69, 9.17) is 5.11 Å². The summed E-state index contributed by atoms with van der Waals surface area (Å²) in [6, 6.07) is 4.79. The van der Waals surface area contributed by atoms with Crippen LogP contribution in [-0.4, -0.2) is 25.7 Å². The number of benzene rings is 1. The fourth-order valence-corrected chi connectivity index (χ4v) is 2.06. The smallest absolute Gasteiger partial charge is 0.303 e. The van der Waals surface area contributed by atoms with Crippen molar-refractivity contribution in [3.8, 4) is 0 Å². The quantitative estimate of drug-likeness (QED) is 0.866. The maximum absolute atomic E-state index is 11.3. The Labute approximate surface area is 94.8 Å². The van der Waals surface area contributed by atoms with Gasteiger partial charge in [0, 0.05) is 12.7 Å². The highest BCUT2D eigenvalue weighted by molar-refractivity contribution is 7.90. The Morgan fingerprint density at radius 2 is 2.00 bits per heavy atom. The van der Waals surface area contributed by atoms with E-state index in [9.17, 15) is 13.2 Å². The molecule has 0 aliphatic carbocycles. The predicted molar refractivity (Wildman–Crippen MR) is 60.2 cm³/mol. The molecule has 0 radical (unpaired) electrons.